The highest BCUT2D eigenvalue weighted by Crippen LogP contribution is 2.22. The number of nitrogens with two attached hydrogens (primary N) is 1. The van der Waals surface area contributed by atoms with Crippen molar-refractivity contribution < 1.29 is 0 Å². The molecule has 0 unspecified atom stereocenters. The Hall–Kier alpha value is -1.55. The first-order chi connectivity index (χ1) is 8.49. The van der Waals surface area contributed by atoms with E-state index in [1.165, 1.54) is 11.1 Å². The third-order valence-electron chi connectivity index (χ3n) is 3.38. The van der Waals surface area contributed by atoms with Crippen LogP contribution in [0.5, 0.6) is 0 Å². The summed E-state index contributed by atoms with van der Waals surface area (Å²) in [6.07, 6.45) is 1.08. The average molecular weight is 246 g/mol. The Labute approximate surface area is 108 Å². The second-order valence-corrected chi connectivity index (χ2v) is 5.20. The van der Waals surface area contributed by atoms with Gasteiger partial charge in [-0.1, -0.05) is 0 Å². The molecule has 1 aromatic carbocycles. The zero-order chi connectivity index (χ0) is 13.3. The van der Waals surface area contributed by atoms with E-state index in [1.54, 1.807) is 0 Å². The lowest BCUT2D eigenvalue weighted by molar-refractivity contribution is 0.388. The van der Waals surface area contributed by atoms with Gasteiger partial charge >= 0.3 is 0 Å². The molecule has 4 heteroatoms. The van der Waals surface area contributed by atoms with Crippen LogP contribution < -0.4 is 5.73 Å². The highest BCUT2D eigenvalue weighted by atomic mass is 15.2. The molecule has 2 rings (SSSR count). The normalized spacial score (nSPS) is 11.6. The number of hydrogen-bond acceptors (Lipinski definition) is 3. The van der Waals surface area contributed by atoms with Crippen molar-refractivity contribution in [3.63, 3.8) is 0 Å². The van der Waals surface area contributed by atoms with Gasteiger partial charge in [0.05, 0.1) is 11.0 Å². The zero-order valence-electron chi connectivity index (χ0n) is 11.7. The largest absolute Gasteiger partial charge is 0.369 e. The van der Waals surface area contributed by atoms with Crippen molar-refractivity contribution in [3.05, 3.63) is 23.3 Å². The van der Waals surface area contributed by atoms with E-state index in [4.69, 9.17) is 5.73 Å². The van der Waals surface area contributed by atoms with Gasteiger partial charge in [0.2, 0.25) is 5.95 Å². The third kappa shape index (κ3) is 2.48. The van der Waals surface area contributed by atoms with Crippen molar-refractivity contribution in [1.82, 2.24) is 14.5 Å². The summed E-state index contributed by atoms with van der Waals surface area (Å²) >= 11 is 0. The summed E-state index contributed by atoms with van der Waals surface area (Å²) < 4.78 is 2.12. The van der Waals surface area contributed by atoms with Crippen molar-refractivity contribution >= 4 is 17.0 Å². The second kappa shape index (κ2) is 4.98. The van der Waals surface area contributed by atoms with Crippen LogP contribution in [0.3, 0.4) is 0 Å². The second-order valence-electron chi connectivity index (χ2n) is 5.20. The van der Waals surface area contributed by atoms with Gasteiger partial charge in [-0.2, -0.15) is 0 Å². The van der Waals surface area contributed by atoms with Crippen LogP contribution in [0.4, 0.5) is 5.95 Å². The molecular formula is C14H22N4. The Balaban J connectivity index is 2.31. The summed E-state index contributed by atoms with van der Waals surface area (Å²) in [5.41, 5.74) is 10.7. The molecule has 0 saturated heterocycles. The third-order valence-corrected chi connectivity index (χ3v) is 3.38. The van der Waals surface area contributed by atoms with Crippen molar-refractivity contribution in [2.45, 2.75) is 26.8 Å². The number of rotatable bonds is 4. The lowest BCUT2D eigenvalue weighted by atomic mass is 10.1. The molecule has 0 spiro atoms. The molecule has 0 aliphatic heterocycles. The van der Waals surface area contributed by atoms with Crippen molar-refractivity contribution in [1.29, 1.82) is 0 Å². The van der Waals surface area contributed by atoms with E-state index in [-0.39, 0.29) is 0 Å². The summed E-state index contributed by atoms with van der Waals surface area (Å²) in [6, 6.07) is 4.30. The summed E-state index contributed by atoms with van der Waals surface area (Å²) in [4.78, 5) is 6.63. The Bertz CT molecular complexity index is 554. The minimum atomic E-state index is 0.619. The predicted molar refractivity (Wildman–Crippen MR) is 76.8 cm³/mol. The van der Waals surface area contributed by atoms with E-state index in [0.717, 1.165) is 30.5 Å². The number of imidazole rings is 1. The van der Waals surface area contributed by atoms with Crippen LogP contribution in [0, 0.1) is 13.8 Å². The van der Waals surface area contributed by atoms with Gasteiger partial charge in [-0.15, -0.1) is 0 Å². The molecule has 0 bridgehead atoms. The van der Waals surface area contributed by atoms with Gasteiger partial charge in [0, 0.05) is 6.54 Å². The smallest absolute Gasteiger partial charge is 0.201 e. The first-order valence-electron chi connectivity index (χ1n) is 6.36. The van der Waals surface area contributed by atoms with Crippen molar-refractivity contribution in [2.75, 3.05) is 26.4 Å². The van der Waals surface area contributed by atoms with Crippen LogP contribution in [0.2, 0.25) is 0 Å². The molecule has 0 atom stereocenters. The topological polar surface area (TPSA) is 47.1 Å². The molecule has 0 amide bonds. The number of aromatic nitrogens is 2. The number of benzene rings is 1. The molecule has 2 aromatic rings. The van der Waals surface area contributed by atoms with E-state index >= 15 is 0 Å². The Morgan fingerprint density at radius 2 is 1.89 bits per heavy atom. The highest BCUT2D eigenvalue weighted by Gasteiger charge is 2.09. The van der Waals surface area contributed by atoms with Gasteiger partial charge in [-0.05, 0) is 64.2 Å². The quantitative estimate of drug-likeness (QED) is 0.899. The van der Waals surface area contributed by atoms with Gasteiger partial charge in [0.1, 0.15) is 0 Å². The molecular weight excluding hydrogens is 224 g/mol. The van der Waals surface area contributed by atoms with Crippen molar-refractivity contribution in [2.24, 2.45) is 0 Å². The molecule has 0 aliphatic carbocycles. The van der Waals surface area contributed by atoms with E-state index in [9.17, 15) is 0 Å². The van der Waals surface area contributed by atoms with Gasteiger partial charge in [0.25, 0.3) is 0 Å². The van der Waals surface area contributed by atoms with Crippen LogP contribution in [0.25, 0.3) is 11.0 Å². The van der Waals surface area contributed by atoms with E-state index in [1.807, 2.05) is 0 Å². The van der Waals surface area contributed by atoms with E-state index < -0.39 is 0 Å². The lowest BCUT2D eigenvalue weighted by Gasteiger charge is -2.11. The Morgan fingerprint density at radius 1 is 1.22 bits per heavy atom. The SMILES string of the molecule is Cc1cc2nc(N)n(CCCN(C)C)c2cc1C. The summed E-state index contributed by atoms with van der Waals surface area (Å²) in [5.74, 6) is 0.619. The zero-order valence-corrected chi connectivity index (χ0v) is 11.7. The van der Waals surface area contributed by atoms with Crippen LogP contribution in [0.1, 0.15) is 17.5 Å². The van der Waals surface area contributed by atoms with Gasteiger partial charge in [-0.25, -0.2) is 4.98 Å². The number of aryl methyl sites for hydroxylation is 3. The maximum atomic E-state index is 6.01. The van der Waals surface area contributed by atoms with E-state index in [2.05, 4.69) is 54.5 Å². The summed E-state index contributed by atoms with van der Waals surface area (Å²) in [5, 5.41) is 0. The maximum Gasteiger partial charge on any atom is 0.201 e. The number of nitrogens with zero attached hydrogens (tertiary/aromatic N) is 3. The number of nitrogen functional groups attached to an aromatic ring is 1. The first kappa shape index (κ1) is 12.9. The minimum Gasteiger partial charge on any atom is -0.369 e. The molecule has 2 N–H and O–H groups in total. The van der Waals surface area contributed by atoms with Gasteiger partial charge in [0.15, 0.2) is 0 Å². The standard InChI is InChI=1S/C14H22N4/c1-10-8-12-13(9-11(10)2)18(14(15)16-12)7-5-6-17(3)4/h8-9H,5-7H2,1-4H3,(H2,15,16). The number of fused-ring (bicyclic) bond motifs is 1. The Morgan fingerprint density at radius 3 is 2.56 bits per heavy atom. The van der Waals surface area contributed by atoms with Gasteiger partial charge < -0.3 is 15.2 Å². The molecule has 0 aliphatic rings. The highest BCUT2D eigenvalue weighted by molar-refractivity contribution is 5.80. The van der Waals surface area contributed by atoms with Crippen LogP contribution >= 0.6 is 0 Å². The Kier molecular flexibility index (Phi) is 3.57. The summed E-state index contributed by atoms with van der Waals surface area (Å²) in [6.45, 7) is 6.21. The lowest BCUT2D eigenvalue weighted by Crippen LogP contribution is -2.15. The summed E-state index contributed by atoms with van der Waals surface area (Å²) in [7, 11) is 4.17. The molecule has 18 heavy (non-hydrogen) atoms. The maximum absolute atomic E-state index is 6.01. The molecule has 0 fully saturated rings. The van der Waals surface area contributed by atoms with Crippen LogP contribution in [-0.4, -0.2) is 35.1 Å². The van der Waals surface area contributed by atoms with Crippen LogP contribution in [-0.2, 0) is 6.54 Å². The fourth-order valence-electron chi connectivity index (χ4n) is 2.18. The molecule has 1 aromatic heterocycles. The molecule has 0 saturated carbocycles. The first-order valence-corrected chi connectivity index (χ1v) is 6.36. The average Bonchev–Trinajstić information content (AvgIpc) is 2.56. The monoisotopic (exact) mass is 246 g/mol. The molecule has 98 valence electrons. The van der Waals surface area contributed by atoms with Crippen molar-refractivity contribution in [3.8, 4) is 0 Å². The molecule has 0 radical (unpaired) electrons. The number of hydrogen-bond donors (Lipinski definition) is 1. The molecule has 4 nitrogen and oxygen atoms in total. The molecule has 1 heterocycles. The van der Waals surface area contributed by atoms with E-state index in [0.29, 0.717) is 5.95 Å². The predicted octanol–water partition coefficient (Wildman–Crippen LogP) is 2.19. The fourth-order valence-corrected chi connectivity index (χ4v) is 2.18. The minimum absolute atomic E-state index is 0.619. The fraction of sp³-hybridized carbons (Fsp3) is 0.500. The van der Waals surface area contributed by atoms with Gasteiger partial charge in [-0.3, -0.25) is 0 Å². The number of anilines is 1. The van der Waals surface area contributed by atoms with Crippen LogP contribution in [0.15, 0.2) is 12.1 Å².